The van der Waals surface area contributed by atoms with Crippen molar-refractivity contribution in [3.05, 3.63) is 57.0 Å². The van der Waals surface area contributed by atoms with Gasteiger partial charge in [-0.15, -0.1) is 0 Å². The molecule has 100 valence electrons. The van der Waals surface area contributed by atoms with E-state index in [-0.39, 0.29) is 0 Å². The Hall–Kier alpha value is -1.03. The van der Waals surface area contributed by atoms with Crippen LogP contribution < -0.4 is 4.74 Å². The molecule has 0 saturated carbocycles. The maximum Gasteiger partial charge on any atom is 0.131 e. The largest absolute Gasteiger partial charge is 0.457 e. The molecule has 0 radical (unpaired) electrons. The molecule has 0 heterocycles. The van der Waals surface area contributed by atoms with Crippen molar-refractivity contribution in [2.45, 2.75) is 20.0 Å². The molecule has 1 atom stereocenters. The van der Waals surface area contributed by atoms with Gasteiger partial charge in [0.2, 0.25) is 0 Å². The molecule has 0 aromatic heterocycles. The van der Waals surface area contributed by atoms with Gasteiger partial charge in [-0.1, -0.05) is 39.7 Å². The molecule has 0 aliphatic rings. The van der Waals surface area contributed by atoms with Crippen LogP contribution in [0.1, 0.15) is 24.2 Å². The predicted molar refractivity (Wildman–Crippen MR) is 81.0 cm³/mol. The zero-order valence-corrected chi connectivity index (χ0v) is 13.0. The highest BCUT2D eigenvalue weighted by Gasteiger charge is 2.09. The minimum Gasteiger partial charge on any atom is -0.457 e. The van der Waals surface area contributed by atoms with E-state index in [4.69, 9.17) is 16.3 Å². The lowest BCUT2D eigenvalue weighted by Gasteiger charge is -2.12. The molecule has 0 spiro atoms. The molecule has 2 aromatic rings. The van der Waals surface area contributed by atoms with Crippen LogP contribution in [-0.2, 0) is 0 Å². The number of halogens is 2. The van der Waals surface area contributed by atoms with Gasteiger partial charge in [0.05, 0.1) is 11.1 Å². The van der Waals surface area contributed by atoms with Crippen molar-refractivity contribution in [1.29, 1.82) is 0 Å². The molecule has 0 bridgehead atoms. The predicted octanol–water partition coefficient (Wildman–Crippen LogP) is 5.26. The summed E-state index contributed by atoms with van der Waals surface area (Å²) in [5.41, 5.74) is 1.74. The SMILES string of the molecule is Cc1ccc(Br)cc1Oc1ccc(C(C)O)c(Cl)c1. The summed E-state index contributed by atoms with van der Waals surface area (Å²) >= 11 is 9.53. The third-order valence-corrected chi connectivity index (χ3v) is 3.62. The second-order valence-corrected chi connectivity index (χ2v) is 5.69. The number of aryl methyl sites for hydroxylation is 1. The average molecular weight is 342 g/mol. The number of hydrogen-bond acceptors (Lipinski definition) is 2. The Morgan fingerprint density at radius 2 is 1.95 bits per heavy atom. The summed E-state index contributed by atoms with van der Waals surface area (Å²) in [5, 5.41) is 10.0. The van der Waals surface area contributed by atoms with Crippen LogP contribution in [0, 0.1) is 6.92 Å². The quantitative estimate of drug-likeness (QED) is 0.825. The van der Waals surface area contributed by atoms with Crippen molar-refractivity contribution >= 4 is 27.5 Å². The standard InChI is InChI=1S/C15H14BrClO2/c1-9-3-4-11(16)7-15(9)19-12-5-6-13(10(2)18)14(17)8-12/h3-8,10,18H,1-2H3. The van der Waals surface area contributed by atoms with Crippen molar-refractivity contribution in [1.82, 2.24) is 0 Å². The maximum absolute atomic E-state index is 9.53. The van der Waals surface area contributed by atoms with Gasteiger partial charge in [0.1, 0.15) is 11.5 Å². The van der Waals surface area contributed by atoms with Gasteiger partial charge in [0.15, 0.2) is 0 Å². The van der Waals surface area contributed by atoms with Crippen LogP contribution in [0.5, 0.6) is 11.5 Å². The second kappa shape index (κ2) is 5.95. The number of aliphatic hydroxyl groups is 1. The Kier molecular flexibility index (Phi) is 4.50. The monoisotopic (exact) mass is 340 g/mol. The van der Waals surface area contributed by atoms with Crippen LogP contribution in [0.15, 0.2) is 40.9 Å². The summed E-state index contributed by atoms with van der Waals surface area (Å²) in [4.78, 5) is 0. The second-order valence-electron chi connectivity index (χ2n) is 4.37. The van der Waals surface area contributed by atoms with Crippen molar-refractivity contribution in [2.24, 2.45) is 0 Å². The van der Waals surface area contributed by atoms with E-state index in [2.05, 4.69) is 15.9 Å². The van der Waals surface area contributed by atoms with E-state index >= 15 is 0 Å². The first kappa shape index (κ1) is 14.4. The lowest BCUT2D eigenvalue weighted by molar-refractivity contribution is 0.199. The van der Waals surface area contributed by atoms with E-state index in [1.165, 1.54) is 0 Å². The fourth-order valence-corrected chi connectivity index (χ4v) is 2.39. The Labute approximate surface area is 126 Å². The molecule has 2 rings (SSSR count). The van der Waals surface area contributed by atoms with E-state index in [1.807, 2.05) is 25.1 Å². The van der Waals surface area contributed by atoms with E-state index in [1.54, 1.807) is 25.1 Å². The third-order valence-electron chi connectivity index (χ3n) is 2.80. The summed E-state index contributed by atoms with van der Waals surface area (Å²) in [5.74, 6) is 1.42. The number of hydrogen-bond donors (Lipinski definition) is 1. The van der Waals surface area contributed by atoms with Gasteiger partial charge in [0, 0.05) is 4.47 Å². The molecular weight excluding hydrogens is 328 g/mol. The molecular formula is C15H14BrClO2. The lowest BCUT2D eigenvalue weighted by Crippen LogP contribution is -1.93. The van der Waals surface area contributed by atoms with Gasteiger partial charge in [-0.2, -0.15) is 0 Å². The zero-order chi connectivity index (χ0) is 14.0. The Morgan fingerprint density at radius 3 is 2.58 bits per heavy atom. The topological polar surface area (TPSA) is 29.5 Å². The molecule has 0 fully saturated rings. The fraction of sp³-hybridized carbons (Fsp3) is 0.200. The highest BCUT2D eigenvalue weighted by atomic mass is 79.9. The molecule has 0 amide bonds. The molecule has 0 aliphatic carbocycles. The first-order valence-corrected chi connectivity index (χ1v) is 7.06. The Morgan fingerprint density at radius 1 is 1.21 bits per heavy atom. The van der Waals surface area contributed by atoms with Gasteiger partial charge in [-0.05, 0) is 49.2 Å². The van der Waals surface area contributed by atoms with Gasteiger partial charge < -0.3 is 9.84 Å². The number of aliphatic hydroxyl groups excluding tert-OH is 1. The molecule has 2 nitrogen and oxygen atoms in total. The van der Waals surface area contributed by atoms with Crippen LogP contribution in [0.3, 0.4) is 0 Å². The lowest BCUT2D eigenvalue weighted by atomic mass is 10.1. The first-order valence-electron chi connectivity index (χ1n) is 5.89. The van der Waals surface area contributed by atoms with Crippen molar-refractivity contribution in [3.63, 3.8) is 0 Å². The summed E-state index contributed by atoms with van der Waals surface area (Å²) in [6, 6.07) is 11.1. The van der Waals surface area contributed by atoms with E-state index in [9.17, 15) is 5.11 Å². The van der Waals surface area contributed by atoms with Gasteiger partial charge in [-0.3, -0.25) is 0 Å². The molecule has 19 heavy (non-hydrogen) atoms. The van der Waals surface area contributed by atoms with E-state index in [0.29, 0.717) is 16.3 Å². The highest BCUT2D eigenvalue weighted by Crippen LogP contribution is 2.32. The number of benzene rings is 2. The molecule has 1 unspecified atom stereocenters. The first-order chi connectivity index (χ1) is 8.97. The van der Waals surface area contributed by atoms with Crippen LogP contribution in [0.4, 0.5) is 0 Å². The molecule has 0 saturated heterocycles. The van der Waals surface area contributed by atoms with Gasteiger partial charge >= 0.3 is 0 Å². The molecule has 0 aliphatic heterocycles. The minimum atomic E-state index is -0.589. The summed E-state index contributed by atoms with van der Waals surface area (Å²) in [6.07, 6.45) is -0.589. The molecule has 2 aromatic carbocycles. The third kappa shape index (κ3) is 3.50. The van der Waals surface area contributed by atoms with Crippen molar-refractivity contribution in [2.75, 3.05) is 0 Å². The zero-order valence-electron chi connectivity index (χ0n) is 10.7. The van der Waals surface area contributed by atoms with Gasteiger partial charge in [0.25, 0.3) is 0 Å². The van der Waals surface area contributed by atoms with Crippen LogP contribution >= 0.6 is 27.5 Å². The number of rotatable bonds is 3. The van der Waals surface area contributed by atoms with Crippen LogP contribution in [0.25, 0.3) is 0 Å². The normalized spacial score (nSPS) is 12.3. The van der Waals surface area contributed by atoms with Crippen LogP contribution in [-0.4, -0.2) is 5.11 Å². The fourth-order valence-electron chi connectivity index (χ4n) is 1.72. The Balaban J connectivity index is 2.29. The molecule has 1 N–H and O–H groups in total. The number of ether oxygens (including phenoxy) is 1. The highest BCUT2D eigenvalue weighted by molar-refractivity contribution is 9.10. The summed E-state index contributed by atoms with van der Waals surface area (Å²) < 4.78 is 6.77. The van der Waals surface area contributed by atoms with Gasteiger partial charge in [-0.25, -0.2) is 0 Å². The van der Waals surface area contributed by atoms with E-state index in [0.717, 1.165) is 15.8 Å². The van der Waals surface area contributed by atoms with Crippen molar-refractivity contribution < 1.29 is 9.84 Å². The van der Waals surface area contributed by atoms with Crippen molar-refractivity contribution in [3.8, 4) is 11.5 Å². The minimum absolute atomic E-state index is 0.500. The smallest absolute Gasteiger partial charge is 0.131 e. The maximum atomic E-state index is 9.53. The summed E-state index contributed by atoms with van der Waals surface area (Å²) in [6.45, 7) is 3.66. The Bertz CT molecular complexity index is 597. The average Bonchev–Trinajstić information content (AvgIpc) is 2.33. The van der Waals surface area contributed by atoms with Crippen LogP contribution in [0.2, 0.25) is 5.02 Å². The molecule has 4 heteroatoms. The van der Waals surface area contributed by atoms with E-state index < -0.39 is 6.10 Å². The summed E-state index contributed by atoms with van der Waals surface area (Å²) in [7, 11) is 0.